The van der Waals surface area contributed by atoms with E-state index in [1.54, 1.807) is 0 Å². The molecule has 1 nitrogen and oxygen atoms in total. The molecule has 0 heterocycles. The first-order valence-electron chi connectivity index (χ1n) is 4.62. The molecule has 1 aliphatic carbocycles. The summed E-state index contributed by atoms with van der Waals surface area (Å²) in [5, 5.41) is 0. The lowest BCUT2D eigenvalue weighted by molar-refractivity contribution is -0.110. The summed E-state index contributed by atoms with van der Waals surface area (Å²) in [6.07, 6.45) is 5.91. The van der Waals surface area contributed by atoms with Gasteiger partial charge in [0.25, 0.3) is 0 Å². The van der Waals surface area contributed by atoms with Crippen LogP contribution >= 0.6 is 0 Å². The van der Waals surface area contributed by atoms with Gasteiger partial charge >= 0.3 is 0 Å². The van der Waals surface area contributed by atoms with Crippen molar-refractivity contribution in [3.63, 3.8) is 0 Å². The molecule has 0 bridgehead atoms. The number of hydrogen-bond donors (Lipinski definition) is 0. The summed E-state index contributed by atoms with van der Waals surface area (Å²) in [6, 6.07) is 0. The predicted molar refractivity (Wildman–Crippen MR) is 48.5 cm³/mol. The zero-order chi connectivity index (χ0) is 8.69. The molecule has 0 atom stereocenters. The quantitative estimate of drug-likeness (QED) is 0.533. The number of aldehydes is 1. The zero-order valence-corrected chi connectivity index (χ0v) is 7.97. The highest BCUT2D eigenvalue weighted by Gasteiger charge is 2.12. The lowest BCUT2D eigenvalue weighted by Gasteiger charge is -1.90. The van der Waals surface area contributed by atoms with Gasteiger partial charge in [-0.05, 0) is 18.8 Å². The molecule has 0 saturated heterocycles. The first-order chi connectivity index (χ1) is 5.16. The Balaban J connectivity index is 0.000000218. The second-order valence-corrected chi connectivity index (χ2v) is 3.91. The van der Waals surface area contributed by atoms with Crippen LogP contribution in [0, 0.1) is 11.8 Å². The average Bonchev–Trinajstić information content (AvgIpc) is 2.36. The van der Waals surface area contributed by atoms with E-state index in [0.29, 0.717) is 5.92 Å². The molecule has 0 amide bonds. The second-order valence-electron chi connectivity index (χ2n) is 3.91. The molecule has 0 aliphatic heterocycles. The summed E-state index contributed by atoms with van der Waals surface area (Å²) in [5.41, 5.74) is 0. The topological polar surface area (TPSA) is 17.1 Å². The van der Waals surface area contributed by atoms with Crippen molar-refractivity contribution in [2.75, 3.05) is 0 Å². The van der Waals surface area contributed by atoms with Crippen molar-refractivity contribution in [3.05, 3.63) is 0 Å². The number of carbonyl (C=O) groups excluding carboxylic acids is 1. The summed E-state index contributed by atoms with van der Waals surface area (Å²) in [4.78, 5) is 10.0. The minimum atomic E-state index is 0.417. The summed E-state index contributed by atoms with van der Waals surface area (Å²) in [7, 11) is 0. The van der Waals surface area contributed by atoms with Gasteiger partial charge in [-0.3, -0.25) is 0 Å². The number of carbonyl (C=O) groups is 1. The number of hydrogen-bond acceptors (Lipinski definition) is 1. The maximum absolute atomic E-state index is 10.0. The molecule has 0 aromatic heterocycles. The van der Waals surface area contributed by atoms with Crippen molar-refractivity contribution in [2.45, 2.75) is 46.5 Å². The van der Waals surface area contributed by atoms with E-state index in [4.69, 9.17) is 0 Å². The van der Waals surface area contributed by atoms with Gasteiger partial charge in [-0.25, -0.2) is 0 Å². The van der Waals surface area contributed by atoms with E-state index in [9.17, 15) is 4.79 Å². The highest BCUT2D eigenvalue weighted by molar-refractivity contribution is 5.53. The van der Waals surface area contributed by atoms with Crippen LogP contribution in [0.2, 0.25) is 0 Å². The highest BCUT2D eigenvalue weighted by Crippen LogP contribution is 2.21. The fourth-order valence-electron chi connectivity index (χ4n) is 1.09. The molecule has 1 aliphatic rings. The third-order valence-corrected chi connectivity index (χ3v) is 1.59. The van der Waals surface area contributed by atoms with Crippen LogP contribution in [0.5, 0.6) is 0 Å². The Morgan fingerprint density at radius 2 is 1.55 bits per heavy atom. The van der Waals surface area contributed by atoms with Crippen molar-refractivity contribution in [1.29, 1.82) is 0 Å². The molecule has 0 aromatic carbocycles. The largest absolute Gasteiger partial charge is 0.303 e. The molecular weight excluding hydrogens is 136 g/mol. The van der Waals surface area contributed by atoms with E-state index in [1.165, 1.54) is 12.8 Å². The van der Waals surface area contributed by atoms with E-state index in [0.717, 1.165) is 25.0 Å². The Labute approximate surface area is 70.2 Å². The third kappa shape index (κ3) is 7.57. The molecule has 0 spiro atoms. The van der Waals surface area contributed by atoms with Crippen LogP contribution in [-0.2, 0) is 4.79 Å². The van der Waals surface area contributed by atoms with Gasteiger partial charge in [-0.1, -0.05) is 33.6 Å². The molecule has 0 aromatic rings. The van der Waals surface area contributed by atoms with Crippen LogP contribution in [0.25, 0.3) is 0 Å². The lowest BCUT2D eigenvalue weighted by atomic mass is 10.1. The molecule has 1 rings (SSSR count). The average molecular weight is 156 g/mol. The Hall–Kier alpha value is -0.330. The molecule has 0 N–H and O–H groups in total. The molecule has 0 radical (unpaired) electrons. The third-order valence-electron chi connectivity index (χ3n) is 1.59. The first-order valence-corrected chi connectivity index (χ1v) is 4.62. The Kier molecular flexibility index (Phi) is 6.19. The predicted octanol–water partition coefficient (Wildman–Crippen LogP) is 3.04. The SMILES string of the molecule is CC(C)C.O=CC1CCCC1. The zero-order valence-electron chi connectivity index (χ0n) is 7.97. The summed E-state index contributed by atoms with van der Waals surface area (Å²) in [6.45, 7) is 6.50. The van der Waals surface area contributed by atoms with E-state index in [1.807, 2.05) is 0 Å². The van der Waals surface area contributed by atoms with E-state index >= 15 is 0 Å². The monoisotopic (exact) mass is 156 g/mol. The van der Waals surface area contributed by atoms with Gasteiger partial charge < -0.3 is 4.79 Å². The van der Waals surface area contributed by atoms with Gasteiger partial charge in [0.15, 0.2) is 0 Å². The van der Waals surface area contributed by atoms with Crippen LogP contribution in [0.3, 0.4) is 0 Å². The normalized spacial score (nSPS) is 17.8. The van der Waals surface area contributed by atoms with Gasteiger partial charge in [0.2, 0.25) is 0 Å². The molecule has 66 valence electrons. The van der Waals surface area contributed by atoms with Crippen LogP contribution in [-0.4, -0.2) is 6.29 Å². The second kappa shape index (κ2) is 6.38. The van der Waals surface area contributed by atoms with Gasteiger partial charge in [-0.15, -0.1) is 0 Å². The van der Waals surface area contributed by atoms with Crippen molar-refractivity contribution in [3.8, 4) is 0 Å². The van der Waals surface area contributed by atoms with Crippen LogP contribution in [0.1, 0.15) is 46.5 Å². The van der Waals surface area contributed by atoms with Crippen molar-refractivity contribution < 1.29 is 4.79 Å². The maximum Gasteiger partial charge on any atom is 0.123 e. The Morgan fingerprint density at radius 1 is 1.18 bits per heavy atom. The van der Waals surface area contributed by atoms with Crippen LogP contribution in [0.15, 0.2) is 0 Å². The molecule has 1 saturated carbocycles. The fraction of sp³-hybridized carbons (Fsp3) is 0.900. The summed E-state index contributed by atoms with van der Waals surface area (Å²) in [5.74, 6) is 1.25. The molecule has 1 heteroatoms. The van der Waals surface area contributed by atoms with Gasteiger partial charge in [0.05, 0.1) is 0 Å². The van der Waals surface area contributed by atoms with Crippen molar-refractivity contribution >= 4 is 6.29 Å². The molecule has 0 unspecified atom stereocenters. The highest BCUT2D eigenvalue weighted by atomic mass is 16.1. The summed E-state index contributed by atoms with van der Waals surface area (Å²) >= 11 is 0. The Morgan fingerprint density at radius 3 is 1.73 bits per heavy atom. The first kappa shape index (κ1) is 10.7. The minimum absolute atomic E-state index is 0.417. The molecule has 11 heavy (non-hydrogen) atoms. The fourth-order valence-corrected chi connectivity index (χ4v) is 1.09. The van der Waals surface area contributed by atoms with E-state index in [2.05, 4.69) is 20.8 Å². The standard InChI is InChI=1S/C6H10O.C4H10/c7-5-6-3-1-2-4-6;1-4(2)3/h5-6H,1-4H2;4H,1-3H3. The molecular formula is C10H20O. The lowest BCUT2D eigenvalue weighted by Crippen LogP contribution is -1.91. The minimum Gasteiger partial charge on any atom is -0.303 e. The molecule has 1 fully saturated rings. The van der Waals surface area contributed by atoms with Gasteiger partial charge in [0.1, 0.15) is 6.29 Å². The van der Waals surface area contributed by atoms with Crippen molar-refractivity contribution in [2.24, 2.45) is 11.8 Å². The maximum atomic E-state index is 10.0. The van der Waals surface area contributed by atoms with Gasteiger partial charge in [0, 0.05) is 5.92 Å². The van der Waals surface area contributed by atoms with E-state index < -0.39 is 0 Å². The number of rotatable bonds is 1. The van der Waals surface area contributed by atoms with Crippen molar-refractivity contribution in [1.82, 2.24) is 0 Å². The summed E-state index contributed by atoms with van der Waals surface area (Å²) < 4.78 is 0. The van der Waals surface area contributed by atoms with Gasteiger partial charge in [-0.2, -0.15) is 0 Å². The van der Waals surface area contributed by atoms with Crippen LogP contribution in [0.4, 0.5) is 0 Å². The van der Waals surface area contributed by atoms with Crippen LogP contribution < -0.4 is 0 Å². The Bertz CT molecular complexity index is 88.3. The smallest absolute Gasteiger partial charge is 0.123 e. The van der Waals surface area contributed by atoms with E-state index in [-0.39, 0.29) is 0 Å².